The van der Waals surface area contributed by atoms with Crippen LogP contribution in [0.25, 0.3) is 22.8 Å². The van der Waals surface area contributed by atoms with Crippen LogP contribution in [0.15, 0.2) is 47.0 Å². The molecule has 20 heavy (non-hydrogen) atoms. The van der Waals surface area contributed by atoms with Gasteiger partial charge in [-0.15, -0.1) is 0 Å². The van der Waals surface area contributed by atoms with E-state index in [-0.39, 0.29) is 0 Å². The Balaban J connectivity index is 2.04. The fourth-order valence-corrected chi connectivity index (χ4v) is 2.16. The first kappa shape index (κ1) is 13.0. The Morgan fingerprint density at radius 2 is 1.90 bits per heavy atom. The first-order valence-electron chi connectivity index (χ1n) is 5.78. The molecule has 2 N–H and O–H groups in total. The van der Waals surface area contributed by atoms with Gasteiger partial charge in [0.25, 0.3) is 5.89 Å². The van der Waals surface area contributed by atoms with Crippen LogP contribution in [0.4, 0.5) is 5.69 Å². The molecule has 0 saturated heterocycles. The number of nitrogens with zero attached hydrogens (tertiary/aromatic N) is 2. The molecule has 0 bridgehead atoms. The second-order valence-corrected chi connectivity index (χ2v) is 5.02. The predicted octanol–water partition coefficient (Wildman–Crippen LogP) is 4.29. The molecule has 6 heteroatoms. The summed E-state index contributed by atoms with van der Waals surface area (Å²) in [5.74, 6) is 0.762. The van der Waals surface area contributed by atoms with Crippen molar-refractivity contribution >= 4 is 28.9 Å². The highest BCUT2D eigenvalue weighted by Gasteiger charge is 2.14. The molecule has 0 fully saturated rings. The minimum absolute atomic E-state index is 0.315. The van der Waals surface area contributed by atoms with Gasteiger partial charge in [-0.05, 0) is 30.3 Å². The van der Waals surface area contributed by atoms with Gasteiger partial charge in [-0.1, -0.05) is 40.5 Å². The fraction of sp³-hybridized carbons (Fsp3) is 0. The number of benzene rings is 2. The molecule has 0 unspecified atom stereocenters. The van der Waals surface area contributed by atoms with Gasteiger partial charge in [-0.3, -0.25) is 0 Å². The van der Waals surface area contributed by atoms with Gasteiger partial charge in [0.05, 0.1) is 10.6 Å². The zero-order valence-corrected chi connectivity index (χ0v) is 11.7. The minimum Gasteiger partial charge on any atom is -0.399 e. The van der Waals surface area contributed by atoms with Gasteiger partial charge in [-0.25, -0.2) is 0 Å². The van der Waals surface area contributed by atoms with Crippen LogP contribution >= 0.6 is 23.2 Å². The van der Waals surface area contributed by atoms with E-state index in [0.717, 1.165) is 5.56 Å². The summed E-state index contributed by atoms with van der Waals surface area (Å²) in [4.78, 5) is 4.32. The van der Waals surface area contributed by atoms with Crippen LogP contribution in [0.3, 0.4) is 0 Å². The van der Waals surface area contributed by atoms with Crippen LogP contribution in [0.1, 0.15) is 0 Å². The highest BCUT2D eigenvalue weighted by atomic mass is 35.5. The Kier molecular flexibility index (Phi) is 3.34. The monoisotopic (exact) mass is 305 g/mol. The van der Waals surface area contributed by atoms with E-state index in [1.807, 2.05) is 12.1 Å². The molecular weight excluding hydrogens is 297 g/mol. The molecule has 0 atom stereocenters. The first-order valence-corrected chi connectivity index (χ1v) is 6.54. The zero-order valence-electron chi connectivity index (χ0n) is 10.2. The molecule has 0 radical (unpaired) electrons. The SMILES string of the molecule is Nc1cccc(-c2noc(-c3cc(Cl)ccc3Cl)n2)c1. The standard InChI is InChI=1S/C14H9Cl2N3O/c15-9-4-5-12(16)11(7-9)14-18-13(19-20-14)8-2-1-3-10(17)6-8/h1-7H,17H2. The molecule has 0 aliphatic heterocycles. The van der Waals surface area contributed by atoms with Gasteiger partial charge in [-0.2, -0.15) is 4.98 Å². The summed E-state index contributed by atoms with van der Waals surface area (Å²) in [5, 5.41) is 4.98. The van der Waals surface area contributed by atoms with Crippen molar-refractivity contribution in [2.45, 2.75) is 0 Å². The van der Waals surface area contributed by atoms with Crippen molar-refractivity contribution in [1.82, 2.24) is 10.1 Å². The molecule has 3 rings (SSSR count). The van der Waals surface area contributed by atoms with E-state index in [9.17, 15) is 0 Å². The maximum atomic E-state index is 6.10. The highest BCUT2D eigenvalue weighted by molar-refractivity contribution is 6.35. The smallest absolute Gasteiger partial charge is 0.259 e. The summed E-state index contributed by atoms with van der Waals surface area (Å²) in [5.41, 5.74) is 7.74. The van der Waals surface area contributed by atoms with Crippen LogP contribution in [0, 0.1) is 0 Å². The first-order chi connectivity index (χ1) is 9.63. The maximum Gasteiger partial charge on any atom is 0.259 e. The third-order valence-corrected chi connectivity index (χ3v) is 3.29. The Labute approximate surface area is 125 Å². The van der Waals surface area contributed by atoms with E-state index in [2.05, 4.69) is 10.1 Å². The van der Waals surface area contributed by atoms with Crippen LogP contribution in [-0.2, 0) is 0 Å². The summed E-state index contributed by atoms with van der Waals surface area (Å²) in [6.07, 6.45) is 0. The van der Waals surface area contributed by atoms with Gasteiger partial charge in [0.15, 0.2) is 0 Å². The second kappa shape index (κ2) is 5.15. The summed E-state index contributed by atoms with van der Waals surface area (Å²) in [6, 6.07) is 12.3. The van der Waals surface area contributed by atoms with Crippen molar-refractivity contribution < 1.29 is 4.52 Å². The quantitative estimate of drug-likeness (QED) is 0.717. The molecule has 0 aliphatic carbocycles. The van der Waals surface area contributed by atoms with E-state index < -0.39 is 0 Å². The summed E-state index contributed by atoms with van der Waals surface area (Å²) < 4.78 is 5.24. The van der Waals surface area contributed by atoms with E-state index in [0.29, 0.717) is 33.0 Å². The number of nitrogens with two attached hydrogens (primary N) is 1. The maximum absolute atomic E-state index is 6.10. The average molecular weight is 306 g/mol. The van der Waals surface area contributed by atoms with Gasteiger partial charge in [0.1, 0.15) is 0 Å². The van der Waals surface area contributed by atoms with E-state index in [1.165, 1.54) is 0 Å². The van der Waals surface area contributed by atoms with Crippen molar-refractivity contribution in [3.63, 3.8) is 0 Å². The number of hydrogen-bond donors (Lipinski definition) is 1. The lowest BCUT2D eigenvalue weighted by molar-refractivity contribution is 0.432. The molecular formula is C14H9Cl2N3O. The van der Waals surface area contributed by atoms with Crippen molar-refractivity contribution in [2.24, 2.45) is 0 Å². The molecule has 2 aromatic carbocycles. The lowest BCUT2D eigenvalue weighted by Gasteiger charge is -1.98. The number of halogens is 2. The molecule has 100 valence electrons. The molecule has 0 spiro atoms. The minimum atomic E-state index is 0.315. The van der Waals surface area contributed by atoms with E-state index >= 15 is 0 Å². The molecule has 1 heterocycles. The van der Waals surface area contributed by atoms with Crippen molar-refractivity contribution in [2.75, 3.05) is 5.73 Å². The van der Waals surface area contributed by atoms with Crippen LogP contribution in [0.2, 0.25) is 10.0 Å². The predicted molar refractivity (Wildman–Crippen MR) is 79.6 cm³/mol. The summed E-state index contributed by atoms with van der Waals surface area (Å²) in [6.45, 7) is 0. The van der Waals surface area contributed by atoms with Gasteiger partial charge in [0, 0.05) is 16.3 Å². The van der Waals surface area contributed by atoms with Crippen molar-refractivity contribution in [1.29, 1.82) is 0 Å². The third-order valence-electron chi connectivity index (χ3n) is 2.73. The van der Waals surface area contributed by atoms with Crippen LogP contribution < -0.4 is 5.73 Å². The number of rotatable bonds is 2. The third kappa shape index (κ3) is 2.48. The lowest BCUT2D eigenvalue weighted by Crippen LogP contribution is -1.86. The Morgan fingerprint density at radius 1 is 1.05 bits per heavy atom. The molecule has 0 aliphatic rings. The average Bonchev–Trinajstić information content (AvgIpc) is 2.91. The Hall–Kier alpha value is -2.04. The van der Waals surface area contributed by atoms with Crippen LogP contribution in [0.5, 0.6) is 0 Å². The zero-order chi connectivity index (χ0) is 14.1. The number of anilines is 1. The topological polar surface area (TPSA) is 64.9 Å². The highest BCUT2D eigenvalue weighted by Crippen LogP contribution is 2.30. The van der Waals surface area contributed by atoms with E-state index in [1.54, 1.807) is 30.3 Å². The normalized spacial score (nSPS) is 10.7. The number of aromatic nitrogens is 2. The number of hydrogen-bond acceptors (Lipinski definition) is 4. The summed E-state index contributed by atoms with van der Waals surface area (Å²) >= 11 is 12.1. The largest absolute Gasteiger partial charge is 0.399 e. The Morgan fingerprint density at radius 3 is 2.70 bits per heavy atom. The Bertz CT molecular complexity index is 771. The van der Waals surface area contributed by atoms with E-state index in [4.69, 9.17) is 33.5 Å². The molecule has 1 aromatic heterocycles. The summed E-state index contributed by atoms with van der Waals surface area (Å²) in [7, 11) is 0. The fourth-order valence-electron chi connectivity index (χ4n) is 1.79. The number of nitrogen functional groups attached to an aromatic ring is 1. The molecule has 0 saturated carbocycles. The van der Waals surface area contributed by atoms with Gasteiger partial charge < -0.3 is 10.3 Å². The molecule has 3 aromatic rings. The van der Waals surface area contributed by atoms with Crippen molar-refractivity contribution in [3.05, 3.63) is 52.5 Å². The second-order valence-electron chi connectivity index (χ2n) is 4.17. The lowest BCUT2D eigenvalue weighted by atomic mass is 10.2. The van der Waals surface area contributed by atoms with Gasteiger partial charge >= 0.3 is 0 Å². The molecule has 0 amide bonds. The molecule has 4 nitrogen and oxygen atoms in total. The van der Waals surface area contributed by atoms with Crippen LogP contribution in [-0.4, -0.2) is 10.1 Å². The van der Waals surface area contributed by atoms with Gasteiger partial charge in [0.2, 0.25) is 5.82 Å². The van der Waals surface area contributed by atoms with Crippen molar-refractivity contribution in [3.8, 4) is 22.8 Å².